The van der Waals surface area contributed by atoms with E-state index in [0.29, 0.717) is 22.7 Å². The van der Waals surface area contributed by atoms with Gasteiger partial charge in [0.15, 0.2) is 0 Å². The Balaban J connectivity index is 0.000000170. The van der Waals surface area contributed by atoms with Gasteiger partial charge in [-0.25, -0.2) is 0 Å². The van der Waals surface area contributed by atoms with Crippen LogP contribution in [0.25, 0.3) is 22.2 Å². The molecular formula is C50H62IrNOP-2. The van der Waals surface area contributed by atoms with Gasteiger partial charge in [-0.1, -0.05) is 89.0 Å². The summed E-state index contributed by atoms with van der Waals surface area (Å²) >= 11 is 0. The average molecular weight is 916 g/mol. The maximum atomic E-state index is 14.1. The third-order valence-corrected chi connectivity index (χ3v) is 19.3. The van der Waals surface area contributed by atoms with Crippen LogP contribution in [0.5, 0.6) is 0 Å². The molecule has 7 aliphatic rings. The van der Waals surface area contributed by atoms with Crippen LogP contribution in [0.15, 0.2) is 66.7 Å². The summed E-state index contributed by atoms with van der Waals surface area (Å²) in [5, 5.41) is 2.46. The second kappa shape index (κ2) is 16.8. The Morgan fingerprint density at radius 1 is 0.685 bits per heavy atom. The predicted octanol–water partition coefficient (Wildman–Crippen LogP) is 13.7. The maximum Gasteiger partial charge on any atom is 0.0978 e. The van der Waals surface area contributed by atoms with Crippen LogP contribution >= 0.6 is 7.14 Å². The van der Waals surface area contributed by atoms with Gasteiger partial charge in [-0.05, 0) is 123 Å². The van der Waals surface area contributed by atoms with Crippen LogP contribution < -0.4 is 5.30 Å². The van der Waals surface area contributed by atoms with Gasteiger partial charge in [0.1, 0.15) is 0 Å². The van der Waals surface area contributed by atoms with Crippen molar-refractivity contribution in [2.75, 3.05) is 0 Å². The van der Waals surface area contributed by atoms with E-state index in [4.69, 9.17) is 4.98 Å². The Hall–Kier alpha value is -2.05. The summed E-state index contributed by atoms with van der Waals surface area (Å²) in [5.41, 5.74) is 9.10. The normalized spacial score (nSPS) is 27.6. The van der Waals surface area contributed by atoms with Gasteiger partial charge in [0.05, 0.1) is 12.7 Å². The number of hydrogen-bond donors (Lipinski definition) is 0. The zero-order valence-electron chi connectivity index (χ0n) is 32.8. The largest absolute Gasteiger partial charge is 0.320 e. The second-order valence-corrected chi connectivity index (χ2v) is 22.0. The number of aryl methyl sites for hydroxylation is 1. The van der Waals surface area contributed by atoms with Crippen molar-refractivity contribution in [3.05, 3.63) is 95.6 Å². The number of benzene rings is 3. The first-order valence-corrected chi connectivity index (χ1v) is 23.8. The van der Waals surface area contributed by atoms with Crippen molar-refractivity contribution in [2.45, 2.75) is 164 Å². The number of rotatable bonds is 6. The van der Waals surface area contributed by atoms with E-state index in [0.717, 1.165) is 28.8 Å². The molecule has 4 bridgehead atoms. The van der Waals surface area contributed by atoms with Crippen molar-refractivity contribution in [1.82, 2.24) is 4.98 Å². The minimum atomic E-state index is -2.28. The van der Waals surface area contributed by atoms with Crippen molar-refractivity contribution in [3.63, 3.8) is 0 Å². The minimum absolute atomic E-state index is 0. The van der Waals surface area contributed by atoms with Crippen LogP contribution in [-0.4, -0.2) is 16.3 Å². The quantitative estimate of drug-likeness (QED) is 0.142. The Morgan fingerprint density at radius 3 is 1.89 bits per heavy atom. The van der Waals surface area contributed by atoms with Crippen LogP contribution in [-0.2, 0) is 30.1 Å². The summed E-state index contributed by atoms with van der Waals surface area (Å²) in [6, 6.07) is 31.4. The molecule has 3 aromatic carbocycles. The predicted molar refractivity (Wildman–Crippen MR) is 223 cm³/mol. The zero-order valence-corrected chi connectivity index (χ0v) is 36.1. The first-order chi connectivity index (χ1) is 26.0. The molecule has 1 heterocycles. The fourth-order valence-corrected chi connectivity index (χ4v) is 17.2. The number of fused-ring (bicyclic) bond motifs is 1. The SMILES string of the molecule is Cc1[c-]c(-c2ccc3c(C45CC6CC(CC(C6)C4)C5)cccc3n2)cc(C2CCCCC2)c1.O=P(c1[c-]cccc1)(C1CCCCC1)C1CCCCC1.[Ir]. The molecule has 7 saturated carbocycles. The molecule has 1 radical (unpaired) electrons. The first-order valence-electron chi connectivity index (χ1n) is 22.0. The van der Waals surface area contributed by atoms with Gasteiger partial charge >= 0.3 is 0 Å². The van der Waals surface area contributed by atoms with Gasteiger partial charge in [0, 0.05) is 36.8 Å². The Labute approximate surface area is 340 Å². The summed E-state index contributed by atoms with van der Waals surface area (Å²) in [5.74, 6) is 3.63. The number of nitrogens with zero attached hydrogens (tertiary/aromatic N) is 1. The Morgan fingerprint density at radius 2 is 1.30 bits per heavy atom. The van der Waals surface area contributed by atoms with E-state index < -0.39 is 7.14 Å². The molecular weight excluding hydrogens is 854 g/mol. The number of hydrogen-bond acceptors (Lipinski definition) is 2. The minimum Gasteiger partial charge on any atom is -0.320 e. The van der Waals surface area contributed by atoms with Gasteiger partial charge in [0.2, 0.25) is 0 Å². The monoisotopic (exact) mass is 916 g/mol. The summed E-state index contributed by atoms with van der Waals surface area (Å²) in [7, 11) is -2.28. The molecule has 2 nitrogen and oxygen atoms in total. The molecule has 4 heteroatoms. The fourth-order valence-electron chi connectivity index (χ4n) is 13.0. The van der Waals surface area contributed by atoms with Crippen LogP contribution in [0.4, 0.5) is 0 Å². The summed E-state index contributed by atoms with van der Waals surface area (Å²) < 4.78 is 14.1. The van der Waals surface area contributed by atoms with E-state index in [-0.39, 0.29) is 20.1 Å². The van der Waals surface area contributed by atoms with Crippen molar-refractivity contribution < 1.29 is 24.7 Å². The van der Waals surface area contributed by atoms with E-state index in [1.54, 1.807) is 5.56 Å². The van der Waals surface area contributed by atoms with Gasteiger partial charge in [-0.15, -0.1) is 40.2 Å². The molecule has 4 aromatic rings. The molecule has 0 N–H and O–H groups in total. The molecule has 289 valence electrons. The molecule has 0 atom stereocenters. The zero-order chi connectivity index (χ0) is 35.8. The second-order valence-electron chi connectivity index (χ2n) is 18.7. The summed E-state index contributed by atoms with van der Waals surface area (Å²) in [4.78, 5) is 5.23. The van der Waals surface area contributed by atoms with Gasteiger partial charge < -0.3 is 4.57 Å². The number of pyridine rings is 1. The van der Waals surface area contributed by atoms with E-state index in [1.807, 2.05) is 18.2 Å². The van der Waals surface area contributed by atoms with Crippen molar-refractivity contribution >= 4 is 23.3 Å². The molecule has 54 heavy (non-hydrogen) atoms. The summed E-state index contributed by atoms with van der Waals surface area (Å²) in [6.07, 6.45) is 28.0. The average Bonchev–Trinajstić information content (AvgIpc) is 3.21. The van der Waals surface area contributed by atoms with E-state index in [2.05, 4.69) is 67.6 Å². The standard InChI is InChI=1S/C32H36N.C18H26OP.Ir/c1-21-12-26(25-6-3-2-4-7-25)17-27(13-21)30-11-10-28-29(8-5-9-31(28)33-30)32-18-22-14-23(19-32)16-24(15-22)20-32;19-20(16-10-4-1-5-11-16,17-12-6-2-7-13-17)18-14-8-3-9-15-18;/h5,8-12,17,22-25H,2-4,6-7,14-16,18-20H2,1H3;1,4-5,10,17-18H,2-3,6-9,12-15H2;/q2*-1;. The molecule has 0 unspecified atom stereocenters. The van der Waals surface area contributed by atoms with Gasteiger partial charge in [0.25, 0.3) is 0 Å². The topological polar surface area (TPSA) is 30.0 Å². The molecule has 11 rings (SSSR count). The summed E-state index contributed by atoms with van der Waals surface area (Å²) in [6.45, 7) is 2.20. The fraction of sp³-hybridized carbons (Fsp3) is 0.580. The van der Waals surface area contributed by atoms with Crippen molar-refractivity contribution in [3.8, 4) is 11.3 Å². The van der Waals surface area contributed by atoms with Crippen molar-refractivity contribution in [2.24, 2.45) is 17.8 Å². The Bertz CT molecular complexity index is 1860. The molecule has 0 saturated heterocycles. The van der Waals surface area contributed by atoms with E-state index >= 15 is 0 Å². The molecule has 7 fully saturated rings. The molecule has 0 amide bonds. The molecule has 0 spiro atoms. The van der Waals surface area contributed by atoms with Crippen LogP contribution in [0.1, 0.15) is 157 Å². The third-order valence-electron chi connectivity index (χ3n) is 15.0. The Kier molecular flexibility index (Phi) is 12.1. The van der Waals surface area contributed by atoms with Gasteiger partial charge in [-0.3, -0.25) is 4.98 Å². The molecule has 7 aliphatic carbocycles. The molecule has 0 aliphatic heterocycles. The number of aromatic nitrogens is 1. The van der Waals surface area contributed by atoms with E-state index in [9.17, 15) is 4.57 Å². The van der Waals surface area contributed by atoms with Crippen LogP contribution in [0.2, 0.25) is 0 Å². The smallest absolute Gasteiger partial charge is 0.0978 e. The maximum absolute atomic E-state index is 14.1. The third kappa shape index (κ3) is 7.79. The van der Waals surface area contributed by atoms with Crippen LogP contribution in [0.3, 0.4) is 0 Å². The van der Waals surface area contributed by atoms with E-state index in [1.165, 1.54) is 162 Å². The van der Waals surface area contributed by atoms with Crippen molar-refractivity contribution in [1.29, 1.82) is 0 Å². The molecule has 1 aromatic heterocycles. The first kappa shape index (κ1) is 38.8. The van der Waals surface area contributed by atoms with Crippen LogP contribution in [0, 0.1) is 36.8 Å². The van der Waals surface area contributed by atoms with Gasteiger partial charge in [-0.2, -0.15) is 30.3 Å².